The first-order valence-corrected chi connectivity index (χ1v) is 8.22. The lowest BCUT2D eigenvalue weighted by molar-refractivity contribution is -0.385. The number of amides is 1. The van der Waals surface area contributed by atoms with Crippen molar-refractivity contribution in [3.05, 3.63) is 75.3 Å². The molecule has 0 radical (unpaired) electrons. The molecule has 1 N–H and O–H groups in total. The molecule has 26 heavy (non-hydrogen) atoms. The molecule has 0 aliphatic heterocycles. The Kier molecular flexibility index (Phi) is 6.23. The van der Waals surface area contributed by atoms with E-state index in [9.17, 15) is 20.2 Å². The number of nitriles is 1. The molecule has 2 rings (SSSR count). The van der Waals surface area contributed by atoms with Crippen LogP contribution in [0, 0.1) is 21.4 Å². The van der Waals surface area contributed by atoms with Crippen molar-refractivity contribution in [3.63, 3.8) is 0 Å². The molecule has 0 bridgehead atoms. The molecule has 0 fully saturated rings. The summed E-state index contributed by atoms with van der Waals surface area (Å²) in [5, 5.41) is 23.0. The van der Waals surface area contributed by atoms with Crippen molar-refractivity contribution in [2.24, 2.45) is 0 Å². The Hall–Kier alpha value is -3.46. The molecule has 2 aromatic carbocycles. The molecule has 2 aromatic rings. The number of carbonyl (C=O) groups is 1. The van der Waals surface area contributed by atoms with Crippen molar-refractivity contribution in [3.8, 4) is 6.07 Å². The fourth-order valence-corrected chi connectivity index (χ4v) is 2.41. The zero-order valence-electron chi connectivity index (χ0n) is 14.6. The average molecular weight is 349 g/mol. The van der Waals surface area contributed by atoms with Crippen LogP contribution < -0.4 is 5.32 Å². The van der Waals surface area contributed by atoms with Gasteiger partial charge in [-0.25, -0.2) is 0 Å². The summed E-state index contributed by atoms with van der Waals surface area (Å²) in [6, 6.07) is 15.2. The number of nitrogens with one attached hydrogen (secondary N) is 1. The highest BCUT2D eigenvalue weighted by Crippen LogP contribution is 2.22. The number of nitro groups is 1. The minimum absolute atomic E-state index is 0.161. The Morgan fingerprint density at radius 3 is 2.50 bits per heavy atom. The molecule has 6 heteroatoms. The highest BCUT2D eigenvalue weighted by atomic mass is 16.6. The van der Waals surface area contributed by atoms with E-state index in [2.05, 4.69) is 19.2 Å². The lowest BCUT2D eigenvalue weighted by Crippen LogP contribution is -2.13. The van der Waals surface area contributed by atoms with Gasteiger partial charge in [0.25, 0.3) is 11.6 Å². The molecule has 0 saturated carbocycles. The van der Waals surface area contributed by atoms with E-state index in [-0.39, 0.29) is 16.8 Å². The number of rotatable bonds is 6. The summed E-state index contributed by atoms with van der Waals surface area (Å²) in [5.41, 5.74) is 1.57. The largest absolute Gasteiger partial charge is 0.321 e. The van der Waals surface area contributed by atoms with Gasteiger partial charge in [0, 0.05) is 11.8 Å². The second-order valence-corrected chi connectivity index (χ2v) is 5.87. The van der Waals surface area contributed by atoms with Gasteiger partial charge < -0.3 is 5.32 Å². The molecule has 0 aromatic heterocycles. The van der Waals surface area contributed by atoms with Crippen LogP contribution in [0.2, 0.25) is 0 Å². The lowest BCUT2D eigenvalue weighted by Gasteiger charge is -2.10. The van der Waals surface area contributed by atoms with Crippen LogP contribution in [0.3, 0.4) is 0 Å². The van der Waals surface area contributed by atoms with Crippen LogP contribution in [0.5, 0.6) is 0 Å². The van der Waals surface area contributed by atoms with Crippen molar-refractivity contribution < 1.29 is 9.72 Å². The van der Waals surface area contributed by atoms with Crippen LogP contribution in [-0.4, -0.2) is 10.8 Å². The maximum absolute atomic E-state index is 12.3. The number of para-hydroxylation sites is 1. The average Bonchev–Trinajstić information content (AvgIpc) is 2.66. The van der Waals surface area contributed by atoms with Gasteiger partial charge in [-0.2, -0.15) is 5.26 Å². The van der Waals surface area contributed by atoms with E-state index in [4.69, 9.17) is 0 Å². The van der Waals surface area contributed by atoms with Gasteiger partial charge in [0.05, 0.1) is 10.5 Å². The maximum Gasteiger partial charge on any atom is 0.276 e. The molecule has 0 aliphatic rings. The van der Waals surface area contributed by atoms with Gasteiger partial charge in [0.1, 0.15) is 11.6 Å². The monoisotopic (exact) mass is 349 g/mol. The van der Waals surface area contributed by atoms with Gasteiger partial charge >= 0.3 is 0 Å². The number of hydrogen-bond donors (Lipinski definition) is 1. The van der Waals surface area contributed by atoms with Gasteiger partial charge in [-0.15, -0.1) is 0 Å². The third kappa shape index (κ3) is 4.54. The van der Waals surface area contributed by atoms with Gasteiger partial charge in [0.15, 0.2) is 0 Å². The number of anilines is 1. The number of nitrogens with zero attached hydrogens (tertiary/aromatic N) is 2. The van der Waals surface area contributed by atoms with Crippen LogP contribution in [0.4, 0.5) is 11.4 Å². The molecular formula is C20H19N3O3. The Labute approximate surface area is 151 Å². The first-order valence-electron chi connectivity index (χ1n) is 8.22. The molecular weight excluding hydrogens is 330 g/mol. The SMILES string of the molecule is CC[C@H](C)c1ccc(NC(=O)/C(C#N)=C/c2ccccc2[N+](=O)[O-])cc1. The van der Waals surface area contributed by atoms with Crippen molar-refractivity contribution in [1.29, 1.82) is 5.26 Å². The van der Waals surface area contributed by atoms with Gasteiger partial charge in [-0.3, -0.25) is 14.9 Å². The second-order valence-electron chi connectivity index (χ2n) is 5.87. The summed E-state index contributed by atoms with van der Waals surface area (Å²) in [5.74, 6) is -0.185. The van der Waals surface area contributed by atoms with Crippen LogP contribution >= 0.6 is 0 Å². The number of benzene rings is 2. The first kappa shape index (κ1) is 18.9. The quantitative estimate of drug-likeness (QED) is 0.355. The molecule has 0 unspecified atom stereocenters. The predicted molar refractivity (Wildman–Crippen MR) is 100 cm³/mol. The molecule has 0 aliphatic carbocycles. The van der Waals surface area contributed by atoms with E-state index in [1.807, 2.05) is 12.1 Å². The summed E-state index contributed by atoms with van der Waals surface area (Å²) in [6.07, 6.45) is 2.24. The van der Waals surface area contributed by atoms with E-state index in [1.54, 1.807) is 24.3 Å². The Bertz CT molecular complexity index is 880. The van der Waals surface area contributed by atoms with Gasteiger partial charge in [0.2, 0.25) is 0 Å². The van der Waals surface area contributed by atoms with Crippen molar-refractivity contribution in [2.45, 2.75) is 26.2 Å². The third-order valence-electron chi connectivity index (χ3n) is 4.15. The van der Waals surface area contributed by atoms with Gasteiger partial charge in [-0.05, 0) is 42.2 Å². The highest BCUT2D eigenvalue weighted by Gasteiger charge is 2.15. The standard InChI is InChI=1S/C20H19N3O3/c1-3-14(2)15-8-10-18(11-9-15)22-20(24)17(13-21)12-16-6-4-5-7-19(16)23(25)26/h4-12,14H,3H2,1-2H3,(H,22,24)/b17-12+/t14-/m0/s1. The van der Waals surface area contributed by atoms with Crippen LogP contribution in [-0.2, 0) is 4.79 Å². The number of nitro benzene ring substituents is 1. The first-order chi connectivity index (χ1) is 12.5. The van der Waals surface area contributed by atoms with Gasteiger partial charge in [-0.1, -0.05) is 38.1 Å². The van der Waals surface area contributed by atoms with E-state index in [1.165, 1.54) is 29.8 Å². The highest BCUT2D eigenvalue weighted by molar-refractivity contribution is 6.09. The Morgan fingerprint density at radius 1 is 1.27 bits per heavy atom. The maximum atomic E-state index is 12.3. The van der Waals surface area contributed by atoms with Crippen molar-refractivity contribution in [2.75, 3.05) is 5.32 Å². The number of hydrogen-bond acceptors (Lipinski definition) is 4. The fraction of sp³-hybridized carbons (Fsp3) is 0.200. The topological polar surface area (TPSA) is 96.0 Å². The predicted octanol–water partition coefficient (Wildman–Crippen LogP) is 4.65. The van der Waals surface area contributed by atoms with E-state index in [0.717, 1.165) is 6.42 Å². The Balaban J connectivity index is 2.22. The second kappa shape index (κ2) is 8.58. The molecule has 1 atom stereocenters. The summed E-state index contributed by atoms with van der Waals surface area (Å²) >= 11 is 0. The zero-order chi connectivity index (χ0) is 19.1. The summed E-state index contributed by atoms with van der Waals surface area (Å²) in [6.45, 7) is 4.23. The summed E-state index contributed by atoms with van der Waals surface area (Å²) in [7, 11) is 0. The van der Waals surface area contributed by atoms with Crippen molar-refractivity contribution in [1.82, 2.24) is 0 Å². The number of carbonyl (C=O) groups excluding carboxylic acids is 1. The minimum atomic E-state index is -0.609. The minimum Gasteiger partial charge on any atom is -0.321 e. The van der Waals surface area contributed by atoms with Crippen LogP contribution in [0.1, 0.15) is 37.3 Å². The fourth-order valence-electron chi connectivity index (χ4n) is 2.41. The normalized spacial score (nSPS) is 12.1. The van der Waals surface area contributed by atoms with Crippen LogP contribution in [0.15, 0.2) is 54.1 Å². The molecule has 1 amide bonds. The molecule has 0 heterocycles. The molecule has 132 valence electrons. The van der Waals surface area contributed by atoms with Crippen molar-refractivity contribution >= 4 is 23.4 Å². The molecule has 6 nitrogen and oxygen atoms in total. The Morgan fingerprint density at radius 2 is 1.92 bits per heavy atom. The molecule has 0 saturated heterocycles. The van der Waals surface area contributed by atoms with E-state index >= 15 is 0 Å². The third-order valence-corrected chi connectivity index (χ3v) is 4.15. The zero-order valence-corrected chi connectivity index (χ0v) is 14.6. The van der Waals surface area contributed by atoms with Crippen LogP contribution in [0.25, 0.3) is 6.08 Å². The lowest BCUT2D eigenvalue weighted by atomic mass is 9.98. The summed E-state index contributed by atoms with van der Waals surface area (Å²) < 4.78 is 0. The smallest absolute Gasteiger partial charge is 0.276 e. The summed E-state index contributed by atoms with van der Waals surface area (Å²) in [4.78, 5) is 22.8. The van der Waals surface area contributed by atoms with E-state index < -0.39 is 10.8 Å². The molecule has 0 spiro atoms. The van der Waals surface area contributed by atoms with E-state index in [0.29, 0.717) is 11.6 Å².